The average Bonchev–Trinajstić information content (AvgIpc) is 2.50. The summed E-state index contributed by atoms with van der Waals surface area (Å²) in [6.07, 6.45) is 0. The predicted octanol–water partition coefficient (Wildman–Crippen LogP) is 5.44. The highest BCUT2D eigenvalue weighted by atomic mass is 79.9. The number of hydrogen-bond donors (Lipinski definition) is 0. The maximum atomic E-state index is 6.07. The lowest BCUT2D eigenvalue weighted by Crippen LogP contribution is -2.16. The van der Waals surface area contributed by atoms with Crippen molar-refractivity contribution in [3.05, 3.63) is 22.2 Å². The number of hydrogen-bond acceptors (Lipinski definition) is 7. The molecule has 0 heterocycles. The van der Waals surface area contributed by atoms with Crippen molar-refractivity contribution in [2.24, 2.45) is 0 Å². The summed E-state index contributed by atoms with van der Waals surface area (Å²) >= 11 is 14.8. The minimum Gasteiger partial charge on any atom is -0.422 e. The van der Waals surface area contributed by atoms with Crippen molar-refractivity contribution < 1.29 is 22.6 Å². The molecular formula is C15H25BrO5P2S2. The molecule has 1 aromatic carbocycles. The first kappa shape index (κ1) is 23.7. The topological polar surface area (TPSA) is 46.2 Å². The summed E-state index contributed by atoms with van der Waals surface area (Å²) in [5, 5.41) is 0.673. The Morgan fingerprint density at radius 3 is 1.80 bits per heavy atom. The van der Waals surface area contributed by atoms with Crippen molar-refractivity contribution in [3.63, 3.8) is 0 Å². The molecule has 25 heavy (non-hydrogen) atoms. The van der Waals surface area contributed by atoms with Crippen LogP contribution in [0.3, 0.4) is 0 Å². The van der Waals surface area contributed by atoms with Crippen molar-refractivity contribution in [1.29, 1.82) is 0 Å². The predicted molar refractivity (Wildman–Crippen MR) is 114 cm³/mol. The molecule has 0 aliphatic rings. The molecule has 10 heteroatoms. The van der Waals surface area contributed by atoms with Crippen LogP contribution < -0.4 is 9.83 Å². The molecule has 0 bridgehead atoms. The fourth-order valence-corrected chi connectivity index (χ4v) is 7.98. The van der Waals surface area contributed by atoms with Gasteiger partial charge < -0.3 is 13.6 Å². The molecule has 0 saturated heterocycles. The summed E-state index contributed by atoms with van der Waals surface area (Å²) in [6, 6.07) is 3.84. The van der Waals surface area contributed by atoms with Crippen molar-refractivity contribution in [2.75, 3.05) is 26.4 Å². The average molecular weight is 491 g/mol. The SMILES string of the molecule is CCOP(=S)(OCC)Oc1c(Br)cc(C)cc1P(=S)(OCC)OCC. The normalized spacial score (nSPS) is 12.4. The molecule has 0 unspecified atom stereocenters. The second kappa shape index (κ2) is 10.8. The highest BCUT2D eigenvalue weighted by Crippen LogP contribution is 2.56. The monoisotopic (exact) mass is 490 g/mol. The molecule has 0 spiro atoms. The van der Waals surface area contributed by atoms with E-state index in [2.05, 4.69) is 15.9 Å². The molecule has 1 aromatic rings. The molecule has 0 aliphatic heterocycles. The van der Waals surface area contributed by atoms with E-state index < -0.39 is 13.2 Å². The highest BCUT2D eigenvalue weighted by molar-refractivity contribution is 9.10. The van der Waals surface area contributed by atoms with Gasteiger partial charge in [-0.15, -0.1) is 0 Å². The van der Waals surface area contributed by atoms with Gasteiger partial charge in [0, 0.05) is 11.8 Å². The third-order valence-electron chi connectivity index (χ3n) is 2.84. The van der Waals surface area contributed by atoms with Crippen molar-refractivity contribution in [1.82, 2.24) is 0 Å². The minimum absolute atomic E-state index is 0.390. The van der Waals surface area contributed by atoms with Crippen LogP contribution in [0, 0.1) is 6.92 Å². The molecule has 144 valence electrons. The van der Waals surface area contributed by atoms with E-state index in [-0.39, 0.29) is 0 Å². The molecular weight excluding hydrogens is 466 g/mol. The van der Waals surface area contributed by atoms with Gasteiger partial charge in [0.05, 0.1) is 36.2 Å². The summed E-state index contributed by atoms with van der Waals surface area (Å²) in [4.78, 5) is 0. The van der Waals surface area contributed by atoms with Crippen LogP contribution in [0.25, 0.3) is 0 Å². The largest absolute Gasteiger partial charge is 0.422 e. The van der Waals surface area contributed by atoms with E-state index in [1.165, 1.54) is 0 Å². The fraction of sp³-hybridized carbons (Fsp3) is 0.600. The molecule has 0 radical (unpaired) electrons. The van der Waals surface area contributed by atoms with Gasteiger partial charge in [0.25, 0.3) is 0 Å². The molecule has 1 rings (SSSR count). The van der Waals surface area contributed by atoms with Crippen LogP contribution in [0.1, 0.15) is 33.3 Å². The number of halogens is 1. The smallest absolute Gasteiger partial charge is 0.380 e. The molecule has 5 nitrogen and oxygen atoms in total. The quantitative estimate of drug-likeness (QED) is 0.382. The Hall–Kier alpha value is 0.640. The van der Waals surface area contributed by atoms with E-state index in [1.54, 1.807) is 0 Å². The Balaban J connectivity index is 3.49. The fourth-order valence-electron chi connectivity index (χ4n) is 2.04. The van der Waals surface area contributed by atoms with E-state index in [4.69, 9.17) is 46.2 Å². The number of rotatable bonds is 11. The highest BCUT2D eigenvalue weighted by Gasteiger charge is 2.31. The van der Waals surface area contributed by atoms with E-state index in [9.17, 15) is 0 Å². The molecule has 0 saturated carbocycles. The van der Waals surface area contributed by atoms with Gasteiger partial charge in [0.2, 0.25) is 6.49 Å². The summed E-state index contributed by atoms with van der Waals surface area (Å²) in [5.41, 5.74) is 1.00. The Bertz CT molecular complexity index is 652. The van der Waals surface area contributed by atoms with Gasteiger partial charge in [-0.2, -0.15) is 0 Å². The Labute approximate surface area is 169 Å². The van der Waals surface area contributed by atoms with Crippen LogP contribution in [-0.2, 0) is 41.7 Å². The Kier molecular flexibility index (Phi) is 10.3. The zero-order valence-corrected chi connectivity index (χ0v) is 20.1. The minimum atomic E-state index is -2.95. The van der Waals surface area contributed by atoms with Crippen LogP contribution in [0.4, 0.5) is 0 Å². The lowest BCUT2D eigenvalue weighted by molar-refractivity contribution is 0.217. The first-order chi connectivity index (χ1) is 11.7. The van der Waals surface area contributed by atoms with E-state index in [1.807, 2.05) is 46.8 Å². The Morgan fingerprint density at radius 2 is 1.36 bits per heavy atom. The van der Waals surface area contributed by atoms with Gasteiger partial charge in [-0.1, -0.05) is 0 Å². The van der Waals surface area contributed by atoms with E-state index >= 15 is 0 Å². The van der Waals surface area contributed by atoms with Gasteiger partial charge in [-0.05, 0) is 80.1 Å². The van der Waals surface area contributed by atoms with Crippen LogP contribution in [-0.4, -0.2) is 26.4 Å². The van der Waals surface area contributed by atoms with Crippen LogP contribution in [0.15, 0.2) is 16.6 Å². The number of aryl methyl sites for hydroxylation is 1. The van der Waals surface area contributed by atoms with Gasteiger partial charge >= 0.3 is 6.72 Å². The third-order valence-corrected chi connectivity index (χ3v) is 9.18. The maximum Gasteiger partial charge on any atom is 0.380 e. The Morgan fingerprint density at radius 1 is 0.880 bits per heavy atom. The van der Waals surface area contributed by atoms with Crippen molar-refractivity contribution >= 4 is 58.1 Å². The van der Waals surface area contributed by atoms with Crippen LogP contribution in [0.2, 0.25) is 0 Å². The molecule has 0 atom stereocenters. The zero-order chi connectivity index (χ0) is 19.1. The molecule has 0 aliphatic carbocycles. The van der Waals surface area contributed by atoms with Crippen LogP contribution >= 0.6 is 29.1 Å². The summed E-state index contributed by atoms with van der Waals surface area (Å²) in [7, 11) is 0. The first-order valence-corrected chi connectivity index (χ1v) is 14.0. The van der Waals surface area contributed by atoms with Gasteiger partial charge in [0.1, 0.15) is 0 Å². The summed E-state index contributed by atoms with van der Waals surface area (Å²) < 4.78 is 29.7. The lowest BCUT2D eigenvalue weighted by atomic mass is 10.2. The maximum absolute atomic E-state index is 6.07. The summed E-state index contributed by atoms with van der Waals surface area (Å²) in [6.45, 7) is 5.39. The lowest BCUT2D eigenvalue weighted by Gasteiger charge is -2.28. The third kappa shape index (κ3) is 6.63. The van der Waals surface area contributed by atoms with Crippen molar-refractivity contribution in [3.8, 4) is 5.75 Å². The second-order valence-corrected chi connectivity index (χ2v) is 12.0. The van der Waals surface area contributed by atoms with Crippen molar-refractivity contribution in [2.45, 2.75) is 34.6 Å². The molecule has 0 fully saturated rings. The molecule has 0 amide bonds. The first-order valence-electron chi connectivity index (χ1n) is 8.03. The van der Waals surface area contributed by atoms with Gasteiger partial charge in [0.15, 0.2) is 5.75 Å². The van der Waals surface area contributed by atoms with E-state index in [0.717, 1.165) is 5.56 Å². The second-order valence-electron chi connectivity index (χ2n) is 4.80. The molecule has 0 aromatic heterocycles. The molecule has 0 N–H and O–H groups in total. The van der Waals surface area contributed by atoms with Crippen LogP contribution in [0.5, 0.6) is 5.75 Å². The van der Waals surface area contributed by atoms with Gasteiger partial charge in [-0.25, -0.2) is 0 Å². The summed E-state index contributed by atoms with van der Waals surface area (Å²) in [5.74, 6) is 0.473. The number of benzene rings is 1. The zero-order valence-electron chi connectivity index (χ0n) is 15.1. The van der Waals surface area contributed by atoms with E-state index in [0.29, 0.717) is 42.0 Å². The standard InChI is InChI=1S/C15H25BrO5P2S2/c1-6-17-22(24,18-7-2)14-11-12(5)10-13(16)15(14)21-23(25,19-8-3)20-9-4/h10-11H,6-9H2,1-5H3. The van der Waals surface area contributed by atoms with Gasteiger partial charge in [-0.3, -0.25) is 9.05 Å².